The molecule has 1 aromatic carbocycles. The van der Waals surface area contributed by atoms with Crippen molar-refractivity contribution in [2.45, 2.75) is 45.6 Å². The molecule has 0 aliphatic rings. The number of pyridine rings is 1. The lowest BCUT2D eigenvalue weighted by Crippen LogP contribution is -2.12. The summed E-state index contributed by atoms with van der Waals surface area (Å²) in [6.07, 6.45) is 6.16. The van der Waals surface area contributed by atoms with E-state index < -0.39 is 0 Å². The second kappa shape index (κ2) is 7.13. The summed E-state index contributed by atoms with van der Waals surface area (Å²) in [5, 5.41) is 0.766. The number of ether oxygens (including phenoxy) is 1. The number of hydrogen-bond acceptors (Lipinski definition) is 2. The van der Waals surface area contributed by atoms with Crippen LogP contribution in [-0.4, -0.2) is 11.7 Å². The third kappa shape index (κ3) is 3.21. The fraction of sp³-hybridized carbons (Fsp3) is 0.471. The molecule has 1 heterocycles. The third-order valence-electron chi connectivity index (χ3n) is 3.68. The molecule has 3 nitrogen and oxygen atoms in total. The van der Waals surface area contributed by atoms with E-state index in [9.17, 15) is 4.79 Å². The standard InChI is InChI=1S/C17H23NO2/c1-3-4-5-6-9-12-18-15-11-8-7-10-14(15)16(19)13-17(18)20-2/h7-8,10-11,13H,3-6,9,12H2,1-2H3. The maximum absolute atomic E-state index is 12.0. The van der Waals surface area contributed by atoms with Crippen LogP contribution in [0.15, 0.2) is 35.1 Å². The monoisotopic (exact) mass is 273 g/mol. The summed E-state index contributed by atoms with van der Waals surface area (Å²) < 4.78 is 7.49. The van der Waals surface area contributed by atoms with Gasteiger partial charge in [0.05, 0.1) is 12.6 Å². The highest BCUT2D eigenvalue weighted by molar-refractivity contribution is 5.79. The number of benzene rings is 1. The van der Waals surface area contributed by atoms with Crippen LogP contribution < -0.4 is 10.2 Å². The van der Waals surface area contributed by atoms with Crippen molar-refractivity contribution in [3.63, 3.8) is 0 Å². The van der Waals surface area contributed by atoms with Crippen LogP contribution in [-0.2, 0) is 6.54 Å². The molecule has 0 bridgehead atoms. The number of aromatic nitrogens is 1. The van der Waals surface area contributed by atoms with Crippen molar-refractivity contribution in [1.82, 2.24) is 4.57 Å². The summed E-state index contributed by atoms with van der Waals surface area (Å²) >= 11 is 0. The number of hydrogen-bond donors (Lipinski definition) is 0. The van der Waals surface area contributed by atoms with Crippen LogP contribution in [0.3, 0.4) is 0 Å². The highest BCUT2D eigenvalue weighted by Crippen LogP contribution is 2.19. The summed E-state index contributed by atoms with van der Waals surface area (Å²) in [4.78, 5) is 12.0. The Hall–Kier alpha value is -1.77. The Labute approximate surface area is 120 Å². The normalized spacial score (nSPS) is 10.9. The molecule has 20 heavy (non-hydrogen) atoms. The quantitative estimate of drug-likeness (QED) is 0.714. The zero-order valence-corrected chi connectivity index (χ0v) is 12.4. The van der Waals surface area contributed by atoms with Crippen molar-refractivity contribution in [2.24, 2.45) is 0 Å². The van der Waals surface area contributed by atoms with Gasteiger partial charge < -0.3 is 9.30 Å². The minimum absolute atomic E-state index is 0.0275. The van der Waals surface area contributed by atoms with E-state index in [1.807, 2.05) is 24.3 Å². The second-order valence-electron chi connectivity index (χ2n) is 5.13. The van der Waals surface area contributed by atoms with Crippen LogP contribution in [0.2, 0.25) is 0 Å². The molecule has 2 rings (SSSR count). The van der Waals surface area contributed by atoms with Gasteiger partial charge in [-0.25, -0.2) is 0 Å². The summed E-state index contributed by atoms with van der Waals surface area (Å²) in [7, 11) is 1.62. The molecule has 108 valence electrons. The Morgan fingerprint density at radius 2 is 1.85 bits per heavy atom. The average molecular weight is 273 g/mol. The van der Waals surface area contributed by atoms with Crippen LogP contribution >= 0.6 is 0 Å². The van der Waals surface area contributed by atoms with Crippen LogP contribution in [0, 0.1) is 0 Å². The van der Waals surface area contributed by atoms with Gasteiger partial charge in [-0.1, -0.05) is 44.7 Å². The van der Waals surface area contributed by atoms with E-state index in [-0.39, 0.29) is 5.43 Å². The first-order valence-corrected chi connectivity index (χ1v) is 7.44. The van der Waals surface area contributed by atoms with Crippen molar-refractivity contribution < 1.29 is 4.74 Å². The second-order valence-corrected chi connectivity index (χ2v) is 5.13. The van der Waals surface area contributed by atoms with Gasteiger partial charge >= 0.3 is 0 Å². The summed E-state index contributed by atoms with van der Waals surface area (Å²) in [6.45, 7) is 3.12. The number of rotatable bonds is 7. The van der Waals surface area contributed by atoms with Gasteiger partial charge in [0.15, 0.2) is 11.3 Å². The topological polar surface area (TPSA) is 31.2 Å². The molecule has 0 amide bonds. The number of nitrogens with zero attached hydrogens (tertiary/aromatic N) is 1. The lowest BCUT2D eigenvalue weighted by atomic mass is 10.1. The molecule has 0 saturated heterocycles. The molecule has 0 spiro atoms. The summed E-state index contributed by atoms with van der Waals surface area (Å²) in [6, 6.07) is 9.33. The molecule has 0 radical (unpaired) electrons. The molecule has 0 atom stereocenters. The van der Waals surface area contributed by atoms with E-state index in [2.05, 4.69) is 11.5 Å². The van der Waals surface area contributed by atoms with Gasteiger partial charge in [-0.3, -0.25) is 4.79 Å². The van der Waals surface area contributed by atoms with Crippen LogP contribution in [0.25, 0.3) is 10.9 Å². The SMILES string of the molecule is CCCCCCCn1c(OC)cc(=O)c2ccccc21. The largest absolute Gasteiger partial charge is 0.482 e. The maximum atomic E-state index is 12.0. The zero-order valence-electron chi connectivity index (χ0n) is 12.4. The molecule has 2 aromatic rings. The molecule has 0 unspecified atom stereocenters. The molecule has 1 aromatic heterocycles. The fourth-order valence-corrected chi connectivity index (χ4v) is 2.58. The lowest BCUT2D eigenvalue weighted by molar-refractivity contribution is 0.368. The number of methoxy groups -OCH3 is 1. The Kier molecular flexibility index (Phi) is 5.22. The van der Waals surface area contributed by atoms with Gasteiger partial charge in [0.25, 0.3) is 0 Å². The highest BCUT2D eigenvalue weighted by atomic mass is 16.5. The minimum Gasteiger partial charge on any atom is -0.482 e. The van der Waals surface area contributed by atoms with E-state index >= 15 is 0 Å². The van der Waals surface area contributed by atoms with Crippen molar-refractivity contribution in [1.29, 1.82) is 0 Å². The summed E-state index contributed by atoms with van der Waals surface area (Å²) in [5.41, 5.74) is 0.993. The van der Waals surface area contributed by atoms with Crippen LogP contribution in [0.4, 0.5) is 0 Å². The average Bonchev–Trinajstić information content (AvgIpc) is 2.49. The Bertz CT molecular complexity index is 616. The Morgan fingerprint density at radius 3 is 2.60 bits per heavy atom. The smallest absolute Gasteiger partial charge is 0.197 e. The fourth-order valence-electron chi connectivity index (χ4n) is 2.58. The van der Waals surface area contributed by atoms with Crippen molar-refractivity contribution in [3.05, 3.63) is 40.6 Å². The molecule has 3 heteroatoms. The van der Waals surface area contributed by atoms with Crippen LogP contribution in [0.1, 0.15) is 39.0 Å². The van der Waals surface area contributed by atoms with E-state index in [1.54, 1.807) is 13.2 Å². The van der Waals surface area contributed by atoms with Gasteiger partial charge in [0.2, 0.25) is 0 Å². The van der Waals surface area contributed by atoms with E-state index in [0.29, 0.717) is 5.88 Å². The number of para-hydroxylation sites is 1. The Balaban J connectivity index is 2.26. The van der Waals surface area contributed by atoms with Crippen molar-refractivity contribution in [3.8, 4) is 5.88 Å². The summed E-state index contributed by atoms with van der Waals surface area (Å²) in [5.74, 6) is 0.657. The molecule has 0 aliphatic heterocycles. The van der Waals surface area contributed by atoms with Gasteiger partial charge in [0, 0.05) is 18.0 Å². The number of unbranched alkanes of at least 4 members (excludes halogenated alkanes) is 4. The van der Waals surface area contributed by atoms with Crippen molar-refractivity contribution >= 4 is 10.9 Å². The zero-order chi connectivity index (χ0) is 14.4. The first kappa shape index (κ1) is 14.6. The van der Waals surface area contributed by atoms with Crippen molar-refractivity contribution in [2.75, 3.05) is 7.11 Å². The van der Waals surface area contributed by atoms with Gasteiger partial charge in [-0.05, 0) is 18.6 Å². The highest BCUT2D eigenvalue weighted by Gasteiger charge is 2.08. The van der Waals surface area contributed by atoms with E-state index in [1.165, 1.54) is 25.7 Å². The first-order valence-electron chi connectivity index (χ1n) is 7.44. The molecule has 0 saturated carbocycles. The maximum Gasteiger partial charge on any atom is 0.197 e. The molecular formula is C17H23NO2. The van der Waals surface area contributed by atoms with Gasteiger partial charge in [-0.2, -0.15) is 0 Å². The molecule has 0 N–H and O–H groups in total. The predicted molar refractivity (Wildman–Crippen MR) is 83.5 cm³/mol. The third-order valence-corrected chi connectivity index (χ3v) is 3.68. The first-order chi connectivity index (χ1) is 9.77. The number of aryl methyl sites for hydroxylation is 1. The van der Waals surface area contributed by atoms with Gasteiger partial charge in [0.1, 0.15) is 0 Å². The van der Waals surface area contributed by atoms with Crippen LogP contribution in [0.5, 0.6) is 5.88 Å². The lowest BCUT2D eigenvalue weighted by Gasteiger charge is -2.15. The minimum atomic E-state index is 0.0275. The molecule has 0 aliphatic carbocycles. The Morgan fingerprint density at radius 1 is 1.10 bits per heavy atom. The van der Waals surface area contributed by atoms with Gasteiger partial charge in [-0.15, -0.1) is 0 Å². The predicted octanol–water partition coefficient (Wildman–Crippen LogP) is 3.98. The number of fused-ring (bicyclic) bond motifs is 1. The van der Waals surface area contributed by atoms with E-state index in [4.69, 9.17) is 4.74 Å². The molecule has 0 fully saturated rings. The molecular weight excluding hydrogens is 250 g/mol. The van der Waals surface area contributed by atoms with E-state index in [0.717, 1.165) is 23.9 Å².